The van der Waals surface area contributed by atoms with Crippen molar-refractivity contribution in [3.63, 3.8) is 0 Å². The van der Waals surface area contributed by atoms with Crippen molar-refractivity contribution in [1.82, 2.24) is 0 Å². The van der Waals surface area contributed by atoms with Crippen LogP contribution in [-0.4, -0.2) is 34.6 Å². The molecule has 0 aromatic heterocycles. The van der Waals surface area contributed by atoms with Gasteiger partial charge in [-0.3, -0.25) is 0 Å². The first-order valence-corrected chi connectivity index (χ1v) is 8.83. The molecule has 2 aliphatic rings. The average Bonchev–Trinajstić information content (AvgIpc) is 3.13. The van der Waals surface area contributed by atoms with E-state index in [1.807, 2.05) is 13.0 Å². The van der Waals surface area contributed by atoms with Crippen molar-refractivity contribution >= 4 is 0 Å². The summed E-state index contributed by atoms with van der Waals surface area (Å²) in [6.45, 7) is 10.4. The molecule has 1 heterocycles. The molecule has 0 unspecified atom stereocenters. The molecular formula is C20H32O3. The van der Waals surface area contributed by atoms with E-state index in [1.54, 1.807) is 0 Å². The number of rotatable bonds is 2. The first-order chi connectivity index (χ1) is 10.9. The lowest BCUT2D eigenvalue weighted by Crippen LogP contribution is -2.20. The molecule has 4 atom stereocenters. The second-order valence-electron chi connectivity index (χ2n) is 7.51. The highest BCUT2D eigenvalue weighted by molar-refractivity contribution is 5.14. The van der Waals surface area contributed by atoms with Crippen molar-refractivity contribution < 1.29 is 14.9 Å². The highest BCUT2D eigenvalue weighted by Gasteiger charge is 2.50. The maximum atomic E-state index is 10.6. The molecule has 1 fully saturated rings. The van der Waals surface area contributed by atoms with E-state index in [-0.39, 0.29) is 24.2 Å². The Kier molecular flexibility index (Phi) is 6.24. The molecule has 1 aliphatic heterocycles. The zero-order valence-electron chi connectivity index (χ0n) is 14.8. The van der Waals surface area contributed by atoms with Gasteiger partial charge in [-0.05, 0) is 64.9 Å². The molecule has 1 saturated heterocycles. The van der Waals surface area contributed by atoms with Gasteiger partial charge in [0, 0.05) is 5.92 Å². The van der Waals surface area contributed by atoms with E-state index >= 15 is 0 Å². The fourth-order valence-electron chi connectivity index (χ4n) is 3.56. The highest BCUT2D eigenvalue weighted by Crippen LogP contribution is 2.43. The van der Waals surface area contributed by atoms with Crippen LogP contribution in [0.1, 0.15) is 59.3 Å². The molecule has 0 spiro atoms. The third kappa shape index (κ3) is 5.03. The number of hydrogen-bond donors (Lipinski definition) is 2. The van der Waals surface area contributed by atoms with Crippen molar-refractivity contribution in [1.29, 1.82) is 0 Å². The Hall–Kier alpha value is -0.900. The van der Waals surface area contributed by atoms with Gasteiger partial charge >= 0.3 is 0 Å². The van der Waals surface area contributed by atoms with Gasteiger partial charge in [0.25, 0.3) is 0 Å². The number of epoxide rings is 1. The molecule has 3 nitrogen and oxygen atoms in total. The van der Waals surface area contributed by atoms with Crippen molar-refractivity contribution in [3.8, 4) is 0 Å². The normalized spacial score (nSPS) is 40.8. The smallest absolute Gasteiger partial charge is 0.0923 e. The molecule has 0 radical (unpaired) electrons. The molecule has 2 N–H and O–H groups in total. The molecule has 3 heteroatoms. The number of aliphatic hydroxyl groups is 2. The van der Waals surface area contributed by atoms with Gasteiger partial charge in [0.1, 0.15) is 0 Å². The summed E-state index contributed by atoms with van der Waals surface area (Å²) in [5, 5.41) is 20.2. The first-order valence-electron chi connectivity index (χ1n) is 8.83. The molecule has 0 saturated carbocycles. The van der Waals surface area contributed by atoms with E-state index in [2.05, 4.69) is 26.5 Å². The third-order valence-corrected chi connectivity index (χ3v) is 5.40. The van der Waals surface area contributed by atoms with Crippen LogP contribution in [0.25, 0.3) is 0 Å². The zero-order valence-corrected chi connectivity index (χ0v) is 14.8. The summed E-state index contributed by atoms with van der Waals surface area (Å²) < 4.78 is 5.88. The molecule has 0 bridgehead atoms. The summed E-state index contributed by atoms with van der Waals surface area (Å²) in [6, 6.07) is 0. The van der Waals surface area contributed by atoms with Gasteiger partial charge in [-0.1, -0.05) is 29.9 Å². The van der Waals surface area contributed by atoms with Crippen LogP contribution in [0.4, 0.5) is 0 Å². The van der Waals surface area contributed by atoms with Gasteiger partial charge in [0.05, 0.1) is 24.4 Å². The minimum absolute atomic E-state index is 0.000316. The average molecular weight is 320 g/mol. The van der Waals surface area contributed by atoms with Gasteiger partial charge in [-0.2, -0.15) is 0 Å². The standard InChI is InChI=1S/C20H32O3/c1-14(2)17-9-7-15(3)6-5-11-20(4)19(23-20)10-8-16(13-21)12-18(17)22/h6,12,17-19,21-22H,1,5,7-11,13H2,2-4H3/b15-6-,16-12-/t17-,18-,19-,20+/m0/s1. The number of allylic oxidation sites excluding steroid dienone is 2. The largest absolute Gasteiger partial charge is 0.392 e. The molecule has 23 heavy (non-hydrogen) atoms. The summed E-state index contributed by atoms with van der Waals surface area (Å²) in [5.74, 6) is 0.0466. The fourth-order valence-corrected chi connectivity index (χ4v) is 3.56. The van der Waals surface area contributed by atoms with Crippen LogP contribution in [0.15, 0.2) is 35.5 Å². The molecule has 1 aliphatic carbocycles. The number of ether oxygens (including phenoxy) is 1. The third-order valence-electron chi connectivity index (χ3n) is 5.40. The van der Waals surface area contributed by atoms with Crippen LogP contribution in [0.5, 0.6) is 0 Å². The lowest BCUT2D eigenvalue weighted by molar-refractivity contribution is 0.163. The monoisotopic (exact) mass is 320 g/mol. The topological polar surface area (TPSA) is 53.0 Å². The number of fused-ring (bicyclic) bond motifs is 1. The quantitative estimate of drug-likeness (QED) is 0.599. The Morgan fingerprint density at radius 2 is 2.13 bits per heavy atom. The molecule has 130 valence electrons. The van der Waals surface area contributed by atoms with Crippen LogP contribution in [0.3, 0.4) is 0 Å². The minimum Gasteiger partial charge on any atom is -0.392 e. The van der Waals surface area contributed by atoms with Crippen LogP contribution >= 0.6 is 0 Å². The van der Waals surface area contributed by atoms with Crippen LogP contribution in [0.2, 0.25) is 0 Å². The van der Waals surface area contributed by atoms with Crippen molar-refractivity contribution in [2.45, 2.75) is 77.1 Å². The van der Waals surface area contributed by atoms with E-state index in [1.165, 1.54) is 5.57 Å². The maximum Gasteiger partial charge on any atom is 0.0923 e. The summed E-state index contributed by atoms with van der Waals surface area (Å²) in [4.78, 5) is 0. The summed E-state index contributed by atoms with van der Waals surface area (Å²) >= 11 is 0. The van der Waals surface area contributed by atoms with Gasteiger partial charge in [-0.25, -0.2) is 0 Å². The minimum atomic E-state index is -0.572. The Labute approximate surface area is 140 Å². The lowest BCUT2D eigenvalue weighted by atomic mass is 9.87. The van der Waals surface area contributed by atoms with Gasteiger partial charge in [-0.15, -0.1) is 0 Å². The maximum absolute atomic E-state index is 10.6. The Balaban J connectivity index is 2.15. The Morgan fingerprint density at radius 3 is 2.78 bits per heavy atom. The number of aliphatic hydroxyl groups excluding tert-OH is 2. The second kappa shape index (κ2) is 7.78. The van der Waals surface area contributed by atoms with Gasteiger partial charge in [0.15, 0.2) is 0 Å². The van der Waals surface area contributed by atoms with E-state index < -0.39 is 6.10 Å². The van der Waals surface area contributed by atoms with Gasteiger partial charge in [0.2, 0.25) is 0 Å². The first kappa shape index (κ1) is 18.4. The Bertz CT molecular complexity index is 491. The predicted molar refractivity (Wildman–Crippen MR) is 94.2 cm³/mol. The number of hydrogen-bond acceptors (Lipinski definition) is 3. The fraction of sp³-hybridized carbons (Fsp3) is 0.700. The molecule has 0 aromatic rings. The molecular weight excluding hydrogens is 288 g/mol. The van der Waals surface area contributed by atoms with Crippen molar-refractivity contribution in [2.24, 2.45) is 5.92 Å². The predicted octanol–water partition coefficient (Wildman–Crippen LogP) is 3.92. The lowest BCUT2D eigenvalue weighted by Gasteiger charge is -2.22. The van der Waals surface area contributed by atoms with Crippen LogP contribution in [0, 0.1) is 5.92 Å². The molecule has 2 rings (SSSR count). The van der Waals surface area contributed by atoms with Crippen LogP contribution in [-0.2, 0) is 4.74 Å². The van der Waals surface area contributed by atoms with E-state index in [0.29, 0.717) is 0 Å². The van der Waals surface area contributed by atoms with Crippen molar-refractivity contribution in [3.05, 3.63) is 35.5 Å². The molecule has 0 amide bonds. The summed E-state index contributed by atoms with van der Waals surface area (Å²) in [5.41, 5.74) is 3.28. The van der Waals surface area contributed by atoms with Crippen molar-refractivity contribution in [2.75, 3.05) is 6.61 Å². The summed E-state index contributed by atoms with van der Waals surface area (Å²) in [7, 11) is 0. The van der Waals surface area contributed by atoms with E-state index in [9.17, 15) is 10.2 Å². The molecule has 0 aromatic carbocycles. The van der Waals surface area contributed by atoms with Crippen LogP contribution < -0.4 is 0 Å². The SMILES string of the molecule is C=C(C)[C@@H]1CC/C(C)=C\CC[C@@]2(C)O[C@H]2CC/C(CO)=C/[C@@H]1O. The Morgan fingerprint density at radius 1 is 1.39 bits per heavy atom. The van der Waals surface area contributed by atoms with Gasteiger partial charge < -0.3 is 14.9 Å². The van der Waals surface area contributed by atoms with E-state index in [4.69, 9.17) is 4.74 Å². The zero-order chi connectivity index (χ0) is 17.0. The second-order valence-corrected chi connectivity index (χ2v) is 7.51. The summed E-state index contributed by atoms with van der Waals surface area (Å²) in [6.07, 6.45) is 9.52. The highest BCUT2D eigenvalue weighted by atomic mass is 16.6. The van der Waals surface area contributed by atoms with E-state index in [0.717, 1.165) is 49.7 Å².